The molecule has 1 N–H and O–H groups in total. The minimum atomic E-state index is 0.308. The largest absolute Gasteiger partial charge is 0.376 e. The van der Waals surface area contributed by atoms with E-state index in [-0.39, 0.29) is 0 Å². The van der Waals surface area contributed by atoms with E-state index in [4.69, 9.17) is 4.74 Å². The van der Waals surface area contributed by atoms with Crippen LogP contribution in [0, 0.1) is 0 Å². The normalized spacial score (nSPS) is 24.2. The van der Waals surface area contributed by atoms with Crippen molar-refractivity contribution in [1.82, 2.24) is 5.32 Å². The lowest BCUT2D eigenvalue weighted by atomic mass is 9.84. The second-order valence-corrected chi connectivity index (χ2v) is 7.03. The summed E-state index contributed by atoms with van der Waals surface area (Å²) in [6.45, 7) is 2.77. The van der Waals surface area contributed by atoms with Crippen LogP contribution in [0.1, 0.15) is 29.0 Å². The molecule has 2 nitrogen and oxygen atoms in total. The van der Waals surface area contributed by atoms with E-state index in [1.54, 1.807) is 0 Å². The third-order valence-corrected chi connectivity index (χ3v) is 5.75. The van der Waals surface area contributed by atoms with E-state index >= 15 is 0 Å². The number of thioether (sulfide) groups is 1. The summed E-state index contributed by atoms with van der Waals surface area (Å²) < 4.78 is 5.98. The molecule has 2 atom stereocenters. The third kappa shape index (κ3) is 2.81. The smallest absolute Gasteiger partial charge is 0.0709 e. The zero-order valence-corrected chi connectivity index (χ0v) is 13.4. The Labute approximate surface area is 136 Å². The van der Waals surface area contributed by atoms with E-state index in [2.05, 4.69) is 53.8 Å². The van der Waals surface area contributed by atoms with E-state index < -0.39 is 0 Å². The Hall–Kier alpha value is -1.29. The van der Waals surface area contributed by atoms with E-state index in [1.165, 1.54) is 21.6 Å². The highest BCUT2D eigenvalue weighted by molar-refractivity contribution is 7.98. The van der Waals surface area contributed by atoms with Crippen molar-refractivity contribution in [3.63, 3.8) is 0 Å². The Bertz CT molecular complexity index is 604. The van der Waals surface area contributed by atoms with Crippen LogP contribution < -0.4 is 5.32 Å². The number of morpholine rings is 1. The summed E-state index contributed by atoms with van der Waals surface area (Å²) in [5, 5.41) is 3.46. The van der Waals surface area contributed by atoms with E-state index in [9.17, 15) is 0 Å². The van der Waals surface area contributed by atoms with Gasteiger partial charge in [0, 0.05) is 29.7 Å². The highest BCUT2D eigenvalue weighted by Crippen LogP contribution is 2.42. The fraction of sp³-hybridized carbons (Fsp3) is 0.368. The SMILES string of the molecule is c1ccc2c(c1)CSc1ccccc1C2CC1CNCCO1. The van der Waals surface area contributed by atoms with Crippen LogP contribution in [0.2, 0.25) is 0 Å². The first-order valence-corrected chi connectivity index (χ1v) is 9.02. The van der Waals surface area contributed by atoms with Crippen LogP contribution in [-0.2, 0) is 10.5 Å². The Morgan fingerprint density at radius 1 is 1.05 bits per heavy atom. The monoisotopic (exact) mass is 311 g/mol. The van der Waals surface area contributed by atoms with Gasteiger partial charge in [0.1, 0.15) is 0 Å². The molecule has 4 rings (SSSR count). The van der Waals surface area contributed by atoms with Gasteiger partial charge in [0.05, 0.1) is 12.7 Å². The molecule has 0 aromatic heterocycles. The number of benzene rings is 2. The Balaban J connectivity index is 1.73. The molecule has 0 aliphatic carbocycles. The molecular weight excluding hydrogens is 290 g/mol. The number of nitrogens with one attached hydrogen (secondary N) is 1. The molecule has 114 valence electrons. The predicted molar refractivity (Wildman–Crippen MR) is 91.5 cm³/mol. The molecule has 0 saturated carbocycles. The fourth-order valence-corrected chi connectivity index (χ4v) is 4.64. The van der Waals surface area contributed by atoms with Gasteiger partial charge in [-0.15, -0.1) is 11.8 Å². The molecule has 2 aliphatic rings. The fourth-order valence-electron chi connectivity index (χ4n) is 3.52. The van der Waals surface area contributed by atoms with Gasteiger partial charge in [-0.1, -0.05) is 42.5 Å². The Morgan fingerprint density at radius 3 is 2.73 bits per heavy atom. The van der Waals surface area contributed by atoms with Crippen molar-refractivity contribution in [2.75, 3.05) is 19.7 Å². The molecule has 22 heavy (non-hydrogen) atoms. The molecule has 3 heteroatoms. The average molecular weight is 311 g/mol. The van der Waals surface area contributed by atoms with Gasteiger partial charge < -0.3 is 10.1 Å². The number of fused-ring (bicyclic) bond motifs is 2. The number of hydrogen-bond acceptors (Lipinski definition) is 3. The van der Waals surface area contributed by atoms with Crippen molar-refractivity contribution in [2.45, 2.75) is 29.1 Å². The predicted octanol–water partition coefficient (Wildman–Crippen LogP) is 3.80. The van der Waals surface area contributed by atoms with E-state index in [0.29, 0.717) is 12.0 Å². The first-order valence-electron chi connectivity index (χ1n) is 8.03. The van der Waals surface area contributed by atoms with Gasteiger partial charge in [-0.3, -0.25) is 0 Å². The minimum absolute atomic E-state index is 0.308. The summed E-state index contributed by atoms with van der Waals surface area (Å²) in [4.78, 5) is 1.42. The standard InChI is InChI=1S/C19H21NOS/c1-2-6-16-14(5-1)13-22-19-8-4-3-7-17(19)18(16)11-15-12-20-9-10-21-15/h1-8,15,18,20H,9-13H2. The van der Waals surface area contributed by atoms with Crippen molar-refractivity contribution in [3.8, 4) is 0 Å². The quantitative estimate of drug-likeness (QED) is 0.911. The van der Waals surface area contributed by atoms with Crippen LogP contribution in [0.15, 0.2) is 53.4 Å². The van der Waals surface area contributed by atoms with Crippen LogP contribution in [0.25, 0.3) is 0 Å². The van der Waals surface area contributed by atoms with Crippen LogP contribution in [0.3, 0.4) is 0 Å². The van der Waals surface area contributed by atoms with Crippen molar-refractivity contribution < 1.29 is 4.74 Å². The first kappa shape index (κ1) is 14.3. The lowest BCUT2D eigenvalue weighted by molar-refractivity contribution is 0.0211. The molecule has 2 aromatic carbocycles. The van der Waals surface area contributed by atoms with Crippen molar-refractivity contribution >= 4 is 11.8 Å². The number of ether oxygens (including phenoxy) is 1. The lowest BCUT2D eigenvalue weighted by Crippen LogP contribution is -2.39. The van der Waals surface area contributed by atoms with Crippen LogP contribution >= 0.6 is 11.8 Å². The Morgan fingerprint density at radius 2 is 1.86 bits per heavy atom. The number of rotatable bonds is 2. The second kappa shape index (κ2) is 6.45. The molecule has 0 radical (unpaired) electrons. The van der Waals surface area contributed by atoms with Gasteiger partial charge >= 0.3 is 0 Å². The molecule has 2 aromatic rings. The molecule has 0 spiro atoms. The molecular formula is C19H21NOS. The summed E-state index contributed by atoms with van der Waals surface area (Å²) >= 11 is 1.96. The summed E-state index contributed by atoms with van der Waals surface area (Å²) in [6.07, 6.45) is 1.37. The van der Waals surface area contributed by atoms with Gasteiger partial charge in [0.2, 0.25) is 0 Å². The highest BCUT2D eigenvalue weighted by atomic mass is 32.2. The van der Waals surface area contributed by atoms with Gasteiger partial charge in [-0.25, -0.2) is 0 Å². The lowest BCUT2D eigenvalue weighted by Gasteiger charge is -2.28. The van der Waals surface area contributed by atoms with Crippen molar-refractivity contribution in [3.05, 3.63) is 65.2 Å². The minimum Gasteiger partial charge on any atom is -0.376 e. The molecule has 2 unspecified atom stereocenters. The second-order valence-electron chi connectivity index (χ2n) is 6.01. The molecule has 2 heterocycles. The molecule has 1 fully saturated rings. The zero-order chi connectivity index (χ0) is 14.8. The van der Waals surface area contributed by atoms with Gasteiger partial charge in [0.15, 0.2) is 0 Å². The van der Waals surface area contributed by atoms with Gasteiger partial charge in [-0.2, -0.15) is 0 Å². The summed E-state index contributed by atoms with van der Waals surface area (Å²) in [5.74, 6) is 1.50. The maximum atomic E-state index is 5.98. The molecule has 2 aliphatic heterocycles. The van der Waals surface area contributed by atoms with Crippen molar-refractivity contribution in [2.24, 2.45) is 0 Å². The average Bonchev–Trinajstić information content (AvgIpc) is 2.74. The van der Waals surface area contributed by atoms with Crippen LogP contribution in [-0.4, -0.2) is 25.8 Å². The number of hydrogen-bond donors (Lipinski definition) is 1. The summed E-state index contributed by atoms with van der Waals surface area (Å²) in [6, 6.07) is 17.8. The maximum Gasteiger partial charge on any atom is 0.0709 e. The van der Waals surface area contributed by atoms with E-state index in [0.717, 1.165) is 31.9 Å². The van der Waals surface area contributed by atoms with Gasteiger partial charge in [-0.05, 0) is 29.2 Å². The topological polar surface area (TPSA) is 21.3 Å². The van der Waals surface area contributed by atoms with Crippen molar-refractivity contribution in [1.29, 1.82) is 0 Å². The zero-order valence-electron chi connectivity index (χ0n) is 12.6. The molecule has 0 amide bonds. The first-order chi connectivity index (χ1) is 10.9. The van der Waals surface area contributed by atoms with Crippen LogP contribution in [0.4, 0.5) is 0 Å². The third-order valence-electron chi connectivity index (χ3n) is 4.61. The molecule has 1 saturated heterocycles. The molecule has 0 bridgehead atoms. The highest BCUT2D eigenvalue weighted by Gasteiger charge is 2.27. The summed E-state index contributed by atoms with van der Waals surface area (Å²) in [5.41, 5.74) is 4.42. The maximum absolute atomic E-state index is 5.98. The van der Waals surface area contributed by atoms with Gasteiger partial charge in [0.25, 0.3) is 0 Å². The van der Waals surface area contributed by atoms with E-state index in [1.807, 2.05) is 11.8 Å². The Kier molecular flexibility index (Phi) is 4.20. The van der Waals surface area contributed by atoms with Crippen LogP contribution in [0.5, 0.6) is 0 Å². The summed E-state index contributed by atoms with van der Waals surface area (Å²) in [7, 11) is 0.